The van der Waals surface area contributed by atoms with Crippen molar-refractivity contribution in [2.45, 2.75) is 20.1 Å². The van der Waals surface area contributed by atoms with Crippen molar-refractivity contribution in [2.24, 2.45) is 0 Å². The minimum absolute atomic E-state index is 0.0671. The lowest BCUT2D eigenvalue weighted by atomic mass is 10.2. The Hall–Kier alpha value is -3.25. The molecule has 2 N–H and O–H groups in total. The van der Waals surface area contributed by atoms with E-state index in [0.29, 0.717) is 28.6 Å². The second-order valence-corrected chi connectivity index (χ2v) is 6.99. The lowest BCUT2D eigenvalue weighted by Crippen LogP contribution is -2.06. The third kappa shape index (κ3) is 5.64. The number of carbonyl (C=O) groups is 1. The molecule has 0 unspecified atom stereocenters. The topological polar surface area (TPSA) is 59.6 Å². The number of nitrogens with one attached hydrogen (secondary N) is 2. The number of anilines is 2. The number of halogens is 2. The van der Waals surface area contributed by atoms with E-state index in [1.165, 1.54) is 20.1 Å². The highest BCUT2D eigenvalue weighted by Gasteiger charge is 2.12. The Balaban J connectivity index is 1.67. The molecule has 0 atom stereocenters. The van der Waals surface area contributed by atoms with Crippen LogP contribution in [0.25, 0.3) is 0 Å². The number of methoxy groups -OCH3 is 1. The van der Waals surface area contributed by atoms with Crippen LogP contribution in [0.3, 0.4) is 0 Å². The van der Waals surface area contributed by atoms with Gasteiger partial charge in [0.1, 0.15) is 12.4 Å². The fourth-order valence-electron chi connectivity index (χ4n) is 2.83. The van der Waals surface area contributed by atoms with E-state index in [4.69, 9.17) is 21.1 Å². The lowest BCUT2D eigenvalue weighted by molar-refractivity contribution is -0.114. The summed E-state index contributed by atoms with van der Waals surface area (Å²) in [5.74, 6) is 0.502. The molecule has 1 amide bonds. The highest BCUT2D eigenvalue weighted by molar-refractivity contribution is 6.31. The predicted molar refractivity (Wildman–Crippen MR) is 117 cm³/mol. The third-order valence-electron chi connectivity index (χ3n) is 4.36. The number of benzene rings is 3. The van der Waals surface area contributed by atoms with Gasteiger partial charge in [0.15, 0.2) is 11.5 Å². The van der Waals surface area contributed by atoms with Crippen molar-refractivity contribution in [1.82, 2.24) is 0 Å². The van der Waals surface area contributed by atoms with Crippen LogP contribution in [0.15, 0.2) is 60.7 Å². The van der Waals surface area contributed by atoms with E-state index in [1.807, 2.05) is 24.3 Å². The third-order valence-corrected chi connectivity index (χ3v) is 4.71. The first kappa shape index (κ1) is 21.5. The van der Waals surface area contributed by atoms with Crippen molar-refractivity contribution in [3.05, 3.63) is 82.6 Å². The highest BCUT2D eigenvalue weighted by Crippen LogP contribution is 2.34. The molecule has 0 spiro atoms. The molecular formula is C23H22ClFN2O3. The molecule has 3 rings (SSSR count). The van der Waals surface area contributed by atoms with Crippen LogP contribution in [0.4, 0.5) is 15.8 Å². The summed E-state index contributed by atoms with van der Waals surface area (Å²) in [6, 6.07) is 17.2. The Labute approximate surface area is 179 Å². The first-order chi connectivity index (χ1) is 14.5. The van der Waals surface area contributed by atoms with Crippen LogP contribution in [-0.2, 0) is 17.9 Å². The molecule has 0 saturated carbocycles. The molecule has 156 valence electrons. The second kappa shape index (κ2) is 9.98. The molecule has 0 fully saturated rings. The molecule has 0 heterocycles. The Morgan fingerprint density at radius 2 is 1.70 bits per heavy atom. The molecule has 3 aromatic rings. The van der Waals surface area contributed by atoms with Gasteiger partial charge in [-0.3, -0.25) is 4.79 Å². The van der Waals surface area contributed by atoms with Gasteiger partial charge in [0, 0.05) is 41.5 Å². The summed E-state index contributed by atoms with van der Waals surface area (Å²) in [6.45, 7) is 1.99. The van der Waals surface area contributed by atoms with Gasteiger partial charge < -0.3 is 20.1 Å². The number of hydrogen-bond acceptors (Lipinski definition) is 4. The molecule has 30 heavy (non-hydrogen) atoms. The van der Waals surface area contributed by atoms with Gasteiger partial charge >= 0.3 is 0 Å². The first-order valence-corrected chi connectivity index (χ1v) is 9.68. The maximum Gasteiger partial charge on any atom is 0.221 e. The average molecular weight is 429 g/mol. The van der Waals surface area contributed by atoms with Crippen molar-refractivity contribution >= 4 is 28.9 Å². The Bertz CT molecular complexity index is 1030. The summed E-state index contributed by atoms with van der Waals surface area (Å²) >= 11 is 6.42. The molecule has 0 aliphatic rings. The number of amides is 1. The fraction of sp³-hybridized carbons (Fsp3) is 0.174. The van der Waals surface area contributed by atoms with Crippen molar-refractivity contribution < 1.29 is 18.7 Å². The predicted octanol–water partition coefficient (Wildman–Crippen LogP) is 5.64. The van der Waals surface area contributed by atoms with Crippen LogP contribution in [0, 0.1) is 5.82 Å². The van der Waals surface area contributed by atoms with Crippen molar-refractivity contribution in [2.75, 3.05) is 17.7 Å². The average Bonchev–Trinajstić information content (AvgIpc) is 2.73. The lowest BCUT2D eigenvalue weighted by Gasteiger charge is -2.15. The summed E-state index contributed by atoms with van der Waals surface area (Å²) < 4.78 is 25.0. The van der Waals surface area contributed by atoms with E-state index in [2.05, 4.69) is 10.6 Å². The summed E-state index contributed by atoms with van der Waals surface area (Å²) in [6.07, 6.45) is 0. The quantitative estimate of drug-likeness (QED) is 0.487. The standard InChI is InChI=1S/C23H22ClFN2O3/c1-15(28)27-19-9-7-18(8-10-19)26-13-17-11-22(29-2)23(12-20(17)24)30-14-16-5-3-4-6-21(16)25/h3-12,26H,13-14H2,1-2H3,(H,27,28). The summed E-state index contributed by atoms with van der Waals surface area (Å²) in [7, 11) is 1.54. The molecule has 0 radical (unpaired) electrons. The van der Waals surface area contributed by atoms with E-state index < -0.39 is 0 Å². The van der Waals surface area contributed by atoms with E-state index in [9.17, 15) is 9.18 Å². The van der Waals surface area contributed by atoms with Crippen LogP contribution in [-0.4, -0.2) is 13.0 Å². The van der Waals surface area contributed by atoms with Crippen LogP contribution in [0.2, 0.25) is 5.02 Å². The molecule has 3 aromatic carbocycles. The van der Waals surface area contributed by atoms with Gasteiger partial charge in [-0.1, -0.05) is 29.8 Å². The Morgan fingerprint density at radius 1 is 1.00 bits per heavy atom. The van der Waals surface area contributed by atoms with Gasteiger partial charge in [0.2, 0.25) is 5.91 Å². The number of rotatable bonds is 8. The smallest absolute Gasteiger partial charge is 0.221 e. The minimum Gasteiger partial charge on any atom is -0.493 e. The van der Waals surface area contributed by atoms with Gasteiger partial charge in [0.05, 0.1) is 7.11 Å². The molecule has 0 aliphatic heterocycles. The highest BCUT2D eigenvalue weighted by atomic mass is 35.5. The zero-order valence-corrected chi connectivity index (χ0v) is 17.4. The zero-order valence-electron chi connectivity index (χ0n) is 16.7. The van der Waals surface area contributed by atoms with Crippen LogP contribution >= 0.6 is 11.6 Å². The van der Waals surface area contributed by atoms with Gasteiger partial charge in [-0.25, -0.2) is 4.39 Å². The summed E-state index contributed by atoms with van der Waals surface area (Å²) in [5, 5.41) is 6.50. The number of hydrogen-bond donors (Lipinski definition) is 2. The van der Waals surface area contributed by atoms with Crippen molar-refractivity contribution in [3.63, 3.8) is 0 Å². The SMILES string of the molecule is COc1cc(CNc2ccc(NC(C)=O)cc2)c(Cl)cc1OCc1ccccc1F. The maximum atomic E-state index is 13.8. The number of carbonyl (C=O) groups excluding carboxylic acids is 1. The van der Waals surface area contributed by atoms with E-state index in [0.717, 1.165) is 16.9 Å². The molecule has 0 saturated heterocycles. The zero-order chi connectivity index (χ0) is 21.5. The van der Waals surface area contributed by atoms with Crippen LogP contribution < -0.4 is 20.1 Å². The minimum atomic E-state index is -0.326. The van der Waals surface area contributed by atoms with E-state index >= 15 is 0 Å². The van der Waals surface area contributed by atoms with Gasteiger partial charge in [0.25, 0.3) is 0 Å². The first-order valence-electron chi connectivity index (χ1n) is 9.30. The van der Waals surface area contributed by atoms with Gasteiger partial charge in [-0.05, 0) is 42.0 Å². The number of ether oxygens (including phenoxy) is 2. The largest absolute Gasteiger partial charge is 0.493 e. The van der Waals surface area contributed by atoms with Crippen molar-refractivity contribution in [3.8, 4) is 11.5 Å². The molecule has 5 nitrogen and oxygen atoms in total. The van der Waals surface area contributed by atoms with Crippen molar-refractivity contribution in [1.29, 1.82) is 0 Å². The Kier molecular flexibility index (Phi) is 7.14. The Morgan fingerprint density at radius 3 is 2.37 bits per heavy atom. The molecule has 0 aromatic heterocycles. The summed E-state index contributed by atoms with van der Waals surface area (Å²) in [5.41, 5.74) is 2.87. The van der Waals surface area contributed by atoms with Crippen LogP contribution in [0.1, 0.15) is 18.1 Å². The van der Waals surface area contributed by atoms with E-state index in [-0.39, 0.29) is 18.3 Å². The fourth-order valence-corrected chi connectivity index (χ4v) is 3.05. The molecular weight excluding hydrogens is 407 g/mol. The normalized spacial score (nSPS) is 10.4. The second-order valence-electron chi connectivity index (χ2n) is 6.59. The monoisotopic (exact) mass is 428 g/mol. The maximum absolute atomic E-state index is 13.8. The summed E-state index contributed by atoms with van der Waals surface area (Å²) in [4.78, 5) is 11.1. The van der Waals surface area contributed by atoms with Gasteiger partial charge in [-0.15, -0.1) is 0 Å². The van der Waals surface area contributed by atoms with Gasteiger partial charge in [-0.2, -0.15) is 0 Å². The molecule has 0 aliphatic carbocycles. The van der Waals surface area contributed by atoms with E-state index in [1.54, 1.807) is 30.3 Å². The van der Waals surface area contributed by atoms with Crippen LogP contribution in [0.5, 0.6) is 11.5 Å². The molecule has 0 bridgehead atoms. The molecule has 7 heteroatoms.